The van der Waals surface area contributed by atoms with Gasteiger partial charge in [0.2, 0.25) is 11.8 Å². The summed E-state index contributed by atoms with van der Waals surface area (Å²) in [4.78, 5) is 43.1. The smallest absolute Gasteiger partial charge is 0.258 e. The first-order valence-corrected chi connectivity index (χ1v) is 14.0. The van der Waals surface area contributed by atoms with Crippen molar-refractivity contribution in [3.63, 3.8) is 0 Å². The summed E-state index contributed by atoms with van der Waals surface area (Å²) in [6.45, 7) is 2.37. The standard InChI is InChI=1S/C30H31Cl2N3O3/c1-19(29(37)33-23-9-2-3-10-23)35(18-21-14-15-22(31)17-25(21)32)27(36)13-6-16-34-26-12-5-8-20-7-4-11-24(28(20)26)30(34)38/h4-5,7-8,11-12,14-15,17,19,23H,2-3,6,9-10,13,16,18H2,1H3,(H,33,37)/t19-/m0/s1. The Balaban J connectivity index is 1.29. The van der Waals surface area contributed by atoms with Crippen LogP contribution in [-0.4, -0.2) is 41.2 Å². The number of carbonyl (C=O) groups excluding carboxylic acids is 3. The van der Waals surface area contributed by atoms with Crippen LogP contribution in [0.3, 0.4) is 0 Å². The van der Waals surface area contributed by atoms with Crippen LogP contribution in [0, 0.1) is 0 Å². The van der Waals surface area contributed by atoms with Gasteiger partial charge >= 0.3 is 0 Å². The normalized spacial score (nSPS) is 15.8. The summed E-state index contributed by atoms with van der Waals surface area (Å²) in [6, 6.07) is 16.3. The number of carbonyl (C=O) groups is 3. The molecule has 1 aliphatic carbocycles. The highest BCUT2D eigenvalue weighted by Gasteiger charge is 2.31. The Morgan fingerprint density at radius 3 is 2.55 bits per heavy atom. The van der Waals surface area contributed by atoms with Crippen LogP contribution in [0.15, 0.2) is 54.6 Å². The van der Waals surface area contributed by atoms with Crippen molar-refractivity contribution in [3.05, 3.63) is 75.8 Å². The van der Waals surface area contributed by atoms with E-state index in [1.54, 1.807) is 34.9 Å². The van der Waals surface area contributed by atoms with E-state index in [0.717, 1.165) is 47.7 Å². The molecule has 0 saturated heterocycles. The third-order valence-corrected chi connectivity index (χ3v) is 8.23. The maximum Gasteiger partial charge on any atom is 0.258 e. The minimum atomic E-state index is -0.665. The van der Waals surface area contributed by atoms with Crippen LogP contribution >= 0.6 is 23.2 Å². The van der Waals surface area contributed by atoms with Gasteiger partial charge in [0.25, 0.3) is 5.91 Å². The van der Waals surface area contributed by atoms with Gasteiger partial charge in [0.05, 0.1) is 5.69 Å². The summed E-state index contributed by atoms with van der Waals surface area (Å²) in [5.41, 5.74) is 2.30. The highest BCUT2D eigenvalue weighted by molar-refractivity contribution is 6.35. The number of hydrogen-bond donors (Lipinski definition) is 1. The fourth-order valence-corrected chi connectivity index (χ4v) is 6.01. The summed E-state index contributed by atoms with van der Waals surface area (Å²) in [5, 5.41) is 6.06. The summed E-state index contributed by atoms with van der Waals surface area (Å²) in [5.74, 6) is -0.363. The van der Waals surface area contributed by atoms with E-state index in [2.05, 4.69) is 5.32 Å². The molecular weight excluding hydrogens is 521 g/mol. The molecule has 0 bridgehead atoms. The minimum Gasteiger partial charge on any atom is -0.352 e. The second kappa shape index (κ2) is 11.3. The molecule has 3 aromatic rings. The molecule has 3 amide bonds. The lowest BCUT2D eigenvalue weighted by Gasteiger charge is -2.30. The third kappa shape index (κ3) is 5.38. The lowest BCUT2D eigenvalue weighted by Crippen LogP contribution is -2.49. The average Bonchev–Trinajstić information content (AvgIpc) is 3.51. The van der Waals surface area contributed by atoms with Gasteiger partial charge in [-0.05, 0) is 61.4 Å². The van der Waals surface area contributed by atoms with Crippen molar-refractivity contribution in [3.8, 4) is 0 Å². The average molecular weight is 553 g/mol. The van der Waals surface area contributed by atoms with E-state index in [-0.39, 0.29) is 36.7 Å². The van der Waals surface area contributed by atoms with Gasteiger partial charge in [0, 0.05) is 46.5 Å². The van der Waals surface area contributed by atoms with Crippen molar-refractivity contribution in [2.45, 2.75) is 64.1 Å². The maximum atomic E-state index is 13.5. The number of halogens is 2. The molecule has 1 atom stereocenters. The molecule has 1 heterocycles. The molecule has 5 rings (SSSR count). The number of amides is 3. The number of nitrogens with one attached hydrogen (secondary N) is 1. The van der Waals surface area contributed by atoms with E-state index >= 15 is 0 Å². The Morgan fingerprint density at radius 1 is 1.08 bits per heavy atom. The first-order valence-electron chi connectivity index (χ1n) is 13.2. The Hall–Kier alpha value is -3.09. The molecule has 198 valence electrons. The Kier molecular flexibility index (Phi) is 7.91. The molecule has 1 fully saturated rings. The number of anilines is 1. The van der Waals surface area contributed by atoms with E-state index < -0.39 is 6.04 Å². The summed E-state index contributed by atoms with van der Waals surface area (Å²) in [7, 11) is 0. The fraction of sp³-hybridized carbons (Fsp3) is 0.367. The van der Waals surface area contributed by atoms with Crippen LogP contribution in [0.2, 0.25) is 10.0 Å². The van der Waals surface area contributed by atoms with Gasteiger partial charge in [-0.15, -0.1) is 0 Å². The van der Waals surface area contributed by atoms with Crippen molar-refractivity contribution in [2.24, 2.45) is 0 Å². The molecule has 0 unspecified atom stereocenters. The minimum absolute atomic E-state index is 0.0432. The van der Waals surface area contributed by atoms with Crippen molar-refractivity contribution in [2.75, 3.05) is 11.4 Å². The first-order chi connectivity index (χ1) is 18.3. The highest BCUT2D eigenvalue weighted by atomic mass is 35.5. The summed E-state index contributed by atoms with van der Waals surface area (Å²) < 4.78 is 0. The lowest BCUT2D eigenvalue weighted by molar-refractivity contribution is -0.141. The van der Waals surface area contributed by atoms with Gasteiger partial charge in [0.15, 0.2) is 0 Å². The molecule has 2 aliphatic rings. The number of nitrogens with zero attached hydrogens (tertiary/aromatic N) is 2. The third-order valence-electron chi connectivity index (χ3n) is 7.65. The van der Waals surface area contributed by atoms with E-state index in [1.165, 1.54) is 0 Å². The zero-order valence-corrected chi connectivity index (χ0v) is 22.9. The Morgan fingerprint density at radius 2 is 1.82 bits per heavy atom. The van der Waals surface area contributed by atoms with Gasteiger partial charge in [-0.25, -0.2) is 0 Å². The van der Waals surface area contributed by atoms with Crippen molar-refractivity contribution >= 4 is 57.4 Å². The monoisotopic (exact) mass is 551 g/mol. The molecule has 1 aliphatic heterocycles. The van der Waals surface area contributed by atoms with E-state index in [0.29, 0.717) is 28.6 Å². The van der Waals surface area contributed by atoms with Crippen LogP contribution in [0.4, 0.5) is 5.69 Å². The first kappa shape index (κ1) is 26.5. The topological polar surface area (TPSA) is 69.7 Å². The second-order valence-corrected chi connectivity index (χ2v) is 11.0. The zero-order chi connectivity index (χ0) is 26.8. The quantitative estimate of drug-likeness (QED) is 0.336. The van der Waals surface area contributed by atoms with Gasteiger partial charge in [-0.2, -0.15) is 0 Å². The number of benzene rings is 3. The predicted molar refractivity (Wildman–Crippen MR) is 152 cm³/mol. The van der Waals surface area contributed by atoms with Crippen LogP contribution in [0.5, 0.6) is 0 Å². The molecule has 1 N–H and O–H groups in total. The second-order valence-electron chi connectivity index (χ2n) is 10.2. The number of rotatable bonds is 9. The molecular formula is C30H31Cl2N3O3. The molecule has 1 saturated carbocycles. The Labute approximate surface area is 232 Å². The molecule has 0 aromatic heterocycles. The maximum absolute atomic E-state index is 13.5. The van der Waals surface area contributed by atoms with Gasteiger partial charge in [-0.1, -0.05) is 66.4 Å². The largest absolute Gasteiger partial charge is 0.352 e. The highest BCUT2D eigenvalue weighted by Crippen LogP contribution is 2.37. The van der Waals surface area contributed by atoms with Gasteiger partial charge in [0.1, 0.15) is 6.04 Å². The molecule has 8 heteroatoms. The van der Waals surface area contributed by atoms with Crippen molar-refractivity contribution in [1.29, 1.82) is 0 Å². The summed E-state index contributed by atoms with van der Waals surface area (Å²) in [6.07, 6.45) is 4.81. The number of hydrogen-bond acceptors (Lipinski definition) is 3. The molecule has 3 aromatic carbocycles. The van der Waals surface area contributed by atoms with Crippen LogP contribution in [0.25, 0.3) is 10.8 Å². The van der Waals surface area contributed by atoms with Gasteiger partial charge < -0.3 is 15.1 Å². The lowest BCUT2D eigenvalue weighted by atomic mass is 10.1. The molecule has 0 radical (unpaired) electrons. The van der Waals surface area contributed by atoms with E-state index in [9.17, 15) is 14.4 Å². The van der Waals surface area contributed by atoms with Crippen LogP contribution in [-0.2, 0) is 16.1 Å². The fourth-order valence-electron chi connectivity index (χ4n) is 5.54. The summed E-state index contributed by atoms with van der Waals surface area (Å²) >= 11 is 12.5. The van der Waals surface area contributed by atoms with Crippen molar-refractivity contribution in [1.82, 2.24) is 10.2 Å². The van der Waals surface area contributed by atoms with Crippen LogP contribution in [0.1, 0.15) is 61.4 Å². The van der Waals surface area contributed by atoms with Gasteiger partial charge in [-0.3, -0.25) is 14.4 Å². The SMILES string of the molecule is C[C@@H](C(=O)NC1CCCC1)N(Cc1ccc(Cl)cc1Cl)C(=O)CCCN1C(=O)c2cccc3cccc1c23. The zero-order valence-electron chi connectivity index (χ0n) is 21.4. The van der Waals surface area contributed by atoms with Crippen LogP contribution < -0.4 is 10.2 Å². The molecule has 38 heavy (non-hydrogen) atoms. The van der Waals surface area contributed by atoms with E-state index in [4.69, 9.17) is 23.2 Å². The molecule has 6 nitrogen and oxygen atoms in total. The van der Waals surface area contributed by atoms with Crippen molar-refractivity contribution < 1.29 is 14.4 Å². The predicted octanol–water partition coefficient (Wildman–Crippen LogP) is 6.36. The Bertz CT molecular complexity index is 1380. The molecule has 0 spiro atoms. The van der Waals surface area contributed by atoms with E-state index in [1.807, 2.05) is 36.4 Å².